The van der Waals surface area contributed by atoms with Gasteiger partial charge in [0.2, 0.25) is 10.9 Å². The number of aromatic nitrogens is 2. The van der Waals surface area contributed by atoms with Gasteiger partial charge < -0.3 is 23.7 Å². The second-order valence-corrected chi connectivity index (χ2v) is 12.4. The number of fused-ring (bicyclic) bond motifs is 1. The normalized spacial score (nSPS) is 14.7. The van der Waals surface area contributed by atoms with Crippen molar-refractivity contribution in [1.82, 2.24) is 10.2 Å². The number of ketones is 1. The Balaban J connectivity index is 1.42. The van der Waals surface area contributed by atoms with Crippen LogP contribution in [0.3, 0.4) is 0 Å². The average molecular weight is 658 g/mol. The topological polar surface area (TPSA) is 124 Å². The van der Waals surface area contributed by atoms with Crippen LogP contribution in [0.1, 0.15) is 48.0 Å². The van der Waals surface area contributed by atoms with Crippen LogP contribution >= 0.6 is 23.1 Å². The van der Waals surface area contributed by atoms with Gasteiger partial charge in [0.1, 0.15) is 0 Å². The lowest BCUT2D eigenvalue weighted by Gasteiger charge is -2.24. The summed E-state index contributed by atoms with van der Waals surface area (Å²) in [6.07, 6.45) is 0.803. The third-order valence-electron chi connectivity index (χ3n) is 7.26. The Hall–Kier alpha value is -4.81. The summed E-state index contributed by atoms with van der Waals surface area (Å²) in [7, 11) is 1.51. The summed E-state index contributed by atoms with van der Waals surface area (Å²) in [4.78, 5) is 29.3. The molecule has 0 aliphatic carbocycles. The highest BCUT2D eigenvalue weighted by Gasteiger charge is 2.47. The zero-order chi connectivity index (χ0) is 32.2. The van der Waals surface area contributed by atoms with Crippen molar-refractivity contribution >= 4 is 50.9 Å². The number of thioether (sulfide) groups is 1. The van der Waals surface area contributed by atoms with Crippen LogP contribution < -0.4 is 19.1 Å². The zero-order valence-electron chi connectivity index (χ0n) is 25.4. The predicted molar refractivity (Wildman–Crippen MR) is 176 cm³/mol. The highest BCUT2D eigenvalue weighted by atomic mass is 32.2. The number of Topliss-reactive ketones (excluding diaryl/α,β-unsaturated/α-hetero) is 1. The van der Waals surface area contributed by atoms with E-state index in [-0.39, 0.29) is 16.5 Å². The quantitative estimate of drug-likeness (QED) is 0.0771. The number of para-hydroxylation sites is 1. The number of rotatable bonds is 13. The number of ether oxygens (including phenoxy) is 3. The summed E-state index contributed by atoms with van der Waals surface area (Å²) in [5.41, 5.74) is 1.85. The van der Waals surface area contributed by atoms with Crippen molar-refractivity contribution in [2.75, 3.05) is 25.2 Å². The first-order valence-corrected chi connectivity index (χ1v) is 16.5. The molecule has 1 amide bonds. The molecule has 10 nitrogen and oxygen atoms in total. The van der Waals surface area contributed by atoms with E-state index in [0.717, 1.165) is 12.0 Å². The monoisotopic (exact) mass is 657 g/mol. The van der Waals surface area contributed by atoms with E-state index in [1.807, 2.05) is 44.2 Å². The van der Waals surface area contributed by atoms with Crippen molar-refractivity contribution in [2.45, 2.75) is 36.4 Å². The second kappa shape index (κ2) is 13.7. The van der Waals surface area contributed by atoms with Gasteiger partial charge in [0.05, 0.1) is 31.9 Å². The number of carbonyl (C=O) groups is 2. The van der Waals surface area contributed by atoms with Crippen molar-refractivity contribution in [3.05, 3.63) is 101 Å². The van der Waals surface area contributed by atoms with E-state index < -0.39 is 23.5 Å². The van der Waals surface area contributed by atoms with Crippen molar-refractivity contribution in [3.8, 4) is 17.2 Å². The van der Waals surface area contributed by atoms with Gasteiger partial charge in [-0.1, -0.05) is 78.6 Å². The number of benzene rings is 3. The molecule has 12 heteroatoms. The number of amides is 1. The molecule has 3 heterocycles. The number of nitrogens with zero attached hydrogens (tertiary/aromatic N) is 3. The maximum atomic E-state index is 14.2. The maximum Gasteiger partial charge on any atom is 0.296 e. The summed E-state index contributed by atoms with van der Waals surface area (Å²) in [5.74, 6) is -0.0782. The molecule has 1 atom stereocenters. The third-order valence-corrected chi connectivity index (χ3v) is 9.38. The smallest absolute Gasteiger partial charge is 0.296 e. The minimum Gasteiger partial charge on any atom is -0.503 e. The number of hydrogen-bond donors (Lipinski definition) is 1. The van der Waals surface area contributed by atoms with Gasteiger partial charge in [-0.05, 0) is 48.7 Å². The number of aliphatic hydroxyl groups excluding tert-OH is 1. The molecule has 1 aliphatic rings. The van der Waals surface area contributed by atoms with Crippen LogP contribution in [0.15, 0.2) is 92.9 Å². The molecule has 236 valence electrons. The molecule has 1 N–H and O–H groups in total. The second-order valence-electron chi connectivity index (χ2n) is 10.3. The molecule has 3 aromatic carbocycles. The van der Waals surface area contributed by atoms with E-state index in [1.54, 1.807) is 42.5 Å². The first kappa shape index (κ1) is 31.2. The van der Waals surface area contributed by atoms with Crippen LogP contribution in [0, 0.1) is 0 Å². The Bertz CT molecular complexity index is 1920. The van der Waals surface area contributed by atoms with E-state index in [0.29, 0.717) is 57.1 Å². The van der Waals surface area contributed by atoms with E-state index in [2.05, 4.69) is 10.2 Å². The SMILES string of the molecule is CCCOc1ccc(C2C(C(=O)c3cc4cccc(OC)c4o3)=C(O)C(=O)N2c2nnc(SCc3ccccc3)s2)cc1OCC. The van der Waals surface area contributed by atoms with Gasteiger partial charge in [0.25, 0.3) is 5.91 Å². The standard InChI is InChI=1S/C34H31N3O7S2/c1-4-16-43-23-15-14-21(17-25(23)42-5-2)28-27(29(38)26-18-22-12-9-13-24(41-3)31(22)44-26)30(39)32(40)37(28)33-35-36-34(46-33)45-19-20-10-7-6-8-11-20/h6-15,17-18,28,39H,4-5,16,19H2,1-3H3. The molecule has 5 aromatic rings. The Labute approximate surface area is 273 Å². The maximum absolute atomic E-state index is 14.2. The molecule has 2 aromatic heterocycles. The van der Waals surface area contributed by atoms with Crippen molar-refractivity contribution in [2.24, 2.45) is 0 Å². The van der Waals surface area contributed by atoms with E-state index in [4.69, 9.17) is 18.6 Å². The third kappa shape index (κ3) is 6.05. The van der Waals surface area contributed by atoms with Crippen LogP contribution in [0.4, 0.5) is 5.13 Å². The predicted octanol–water partition coefficient (Wildman–Crippen LogP) is 7.56. The summed E-state index contributed by atoms with van der Waals surface area (Å²) in [5, 5.41) is 20.8. The number of anilines is 1. The molecule has 6 rings (SSSR count). The highest BCUT2D eigenvalue weighted by molar-refractivity contribution is 8.00. The molecular weight excluding hydrogens is 627 g/mol. The number of carbonyl (C=O) groups excluding carboxylic acids is 2. The van der Waals surface area contributed by atoms with Gasteiger partial charge in [0, 0.05) is 11.1 Å². The van der Waals surface area contributed by atoms with Gasteiger partial charge >= 0.3 is 0 Å². The Morgan fingerprint density at radius 1 is 1.00 bits per heavy atom. The van der Waals surface area contributed by atoms with Crippen LogP contribution in [0.2, 0.25) is 0 Å². The van der Waals surface area contributed by atoms with Gasteiger partial charge in [-0.25, -0.2) is 0 Å². The number of hydrogen-bond acceptors (Lipinski definition) is 11. The van der Waals surface area contributed by atoms with Gasteiger partial charge in [-0.2, -0.15) is 0 Å². The Kier molecular flexibility index (Phi) is 9.27. The van der Waals surface area contributed by atoms with Gasteiger partial charge in [-0.15, -0.1) is 10.2 Å². The molecule has 1 unspecified atom stereocenters. The van der Waals surface area contributed by atoms with E-state index in [1.165, 1.54) is 35.1 Å². The molecule has 1 aliphatic heterocycles. The van der Waals surface area contributed by atoms with Crippen molar-refractivity contribution in [1.29, 1.82) is 0 Å². The summed E-state index contributed by atoms with van der Waals surface area (Å²) < 4.78 is 23.8. The lowest BCUT2D eigenvalue weighted by Crippen LogP contribution is -2.31. The van der Waals surface area contributed by atoms with Crippen molar-refractivity contribution < 1.29 is 33.3 Å². The first-order valence-electron chi connectivity index (χ1n) is 14.7. The zero-order valence-corrected chi connectivity index (χ0v) is 27.0. The lowest BCUT2D eigenvalue weighted by atomic mass is 9.95. The van der Waals surface area contributed by atoms with Crippen LogP contribution in [0.25, 0.3) is 11.0 Å². The van der Waals surface area contributed by atoms with E-state index in [9.17, 15) is 14.7 Å². The summed E-state index contributed by atoms with van der Waals surface area (Å²) >= 11 is 2.68. The lowest BCUT2D eigenvalue weighted by molar-refractivity contribution is -0.117. The van der Waals surface area contributed by atoms with Crippen LogP contribution in [-0.4, -0.2) is 47.3 Å². The van der Waals surface area contributed by atoms with Crippen LogP contribution in [-0.2, 0) is 10.5 Å². The largest absolute Gasteiger partial charge is 0.503 e. The van der Waals surface area contributed by atoms with Gasteiger partial charge in [-0.3, -0.25) is 14.5 Å². The fourth-order valence-electron chi connectivity index (χ4n) is 5.16. The van der Waals surface area contributed by atoms with Gasteiger partial charge in [0.15, 0.2) is 38.7 Å². The van der Waals surface area contributed by atoms with Crippen molar-refractivity contribution in [3.63, 3.8) is 0 Å². The van der Waals surface area contributed by atoms with Crippen LogP contribution in [0.5, 0.6) is 17.2 Å². The molecule has 0 bridgehead atoms. The average Bonchev–Trinajstić information content (AvgIpc) is 3.80. The Morgan fingerprint density at radius 3 is 2.59 bits per heavy atom. The summed E-state index contributed by atoms with van der Waals surface area (Å²) in [6, 6.07) is 20.9. The molecule has 0 saturated heterocycles. The molecule has 0 fully saturated rings. The molecule has 0 saturated carbocycles. The molecule has 0 spiro atoms. The summed E-state index contributed by atoms with van der Waals surface area (Å²) in [6.45, 7) is 4.71. The fraction of sp³-hybridized carbons (Fsp3) is 0.235. The fourth-order valence-corrected chi connectivity index (χ4v) is 6.99. The number of methoxy groups -OCH3 is 1. The number of furan rings is 1. The molecular formula is C34H31N3O7S2. The molecule has 46 heavy (non-hydrogen) atoms. The Morgan fingerprint density at radius 2 is 1.83 bits per heavy atom. The molecule has 0 radical (unpaired) electrons. The first-order chi connectivity index (χ1) is 22.4. The minimum atomic E-state index is -1.06. The minimum absolute atomic E-state index is 0.0509. The number of aliphatic hydroxyl groups is 1. The highest BCUT2D eigenvalue weighted by Crippen LogP contribution is 2.46. The van der Waals surface area contributed by atoms with E-state index >= 15 is 0 Å².